The highest BCUT2D eigenvalue weighted by molar-refractivity contribution is 5.89. The summed E-state index contributed by atoms with van der Waals surface area (Å²) in [7, 11) is 0. The van der Waals surface area contributed by atoms with E-state index in [9.17, 15) is 4.79 Å². The van der Waals surface area contributed by atoms with Gasteiger partial charge < -0.3 is 14.2 Å². The molecule has 0 aliphatic carbocycles. The predicted molar refractivity (Wildman–Crippen MR) is 78.2 cm³/mol. The molecule has 0 bridgehead atoms. The number of carbonyl (C=O) groups is 1. The van der Waals surface area contributed by atoms with Crippen LogP contribution in [-0.2, 0) is 14.2 Å². The van der Waals surface area contributed by atoms with Crippen molar-refractivity contribution in [3.05, 3.63) is 35.9 Å². The number of epoxide rings is 2. The van der Waals surface area contributed by atoms with Crippen LogP contribution < -0.4 is 0 Å². The molecule has 0 radical (unpaired) electrons. The normalized spacial score (nSPS) is 32.5. The molecule has 0 amide bonds. The minimum absolute atomic E-state index is 0.00650. The van der Waals surface area contributed by atoms with Gasteiger partial charge in [0.25, 0.3) is 0 Å². The lowest BCUT2D eigenvalue weighted by Crippen LogP contribution is -2.18. The van der Waals surface area contributed by atoms with E-state index < -0.39 is 0 Å². The van der Waals surface area contributed by atoms with Crippen molar-refractivity contribution in [2.75, 3.05) is 6.61 Å². The van der Waals surface area contributed by atoms with Crippen LogP contribution >= 0.6 is 0 Å². The number of esters is 1. The largest absolute Gasteiger partial charge is 0.459 e. The third-order valence-electron chi connectivity index (χ3n) is 4.48. The van der Waals surface area contributed by atoms with E-state index in [0.29, 0.717) is 18.3 Å². The van der Waals surface area contributed by atoms with E-state index in [1.807, 2.05) is 18.2 Å². The Morgan fingerprint density at radius 2 is 1.81 bits per heavy atom. The molecular formula is C17H22O4. The smallest absolute Gasteiger partial charge is 0.338 e. The third-order valence-corrected chi connectivity index (χ3v) is 4.48. The van der Waals surface area contributed by atoms with Crippen LogP contribution in [0.4, 0.5) is 0 Å². The zero-order valence-corrected chi connectivity index (χ0v) is 12.8. The van der Waals surface area contributed by atoms with Gasteiger partial charge >= 0.3 is 5.97 Å². The summed E-state index contributed by atoms with van der Waals surface area (Å²) in [6, 6.07) is 9.03. The molecular weight excluding hydrogens is 268 g/mol. The Labute approximate surface area is 125 Å². The number of ether oxygens (including phenoxy) is 3. The second-order valence-electron chi connectivity index (χ2n) is 6.63. The molecule has 4 nitrogen and oxygen atoms in total. The van der Waals surface area contributed by atoms with Crippen molar-refractivity contribution in [2.45, 2.75) is 57.0 Å². The summed E-state index contributed by atoms with van der Waals surface area (Å²) in [6.07, 6.45) is 2.28. The Morgan fingerprint density at radius 1 is 1.14 bits per heavy atom. The second kappa shape index (κ2) is 5.11. The van der Waals surface area contributed by atoms with Gasteiger partial charge in [0, 0.05) is 0 Å². The van der Waals surface area contributed by atoms with E-state index in [0.717, 1.165) is 12.8 Å². The molecule has 2 heterocycles. The van der Waals surface area contributed by atoms with Gasteiger partial charge in [0.2, 0.25) is 0 Å². The van der Waals surface area contributed by atoms with E-state index in [4.69, 9.17) is 14.2 Å². The molecule has 2 aliphatic rings. The summed E-state index contributed by atoms with van der Waals surface area (Å²) < 4.78 is 16.6. The van der Waals surface area contributed by atoms with Gasteiger partial charge in [-0.1, -0.05) is 18.2 Å². The number of carbonyl (C=O) groups excluding carboxylic acids is 1. The molecule has 21 heavy (non-hydrogen) atoms. The first kappa shape index (κ1) is 14.5. The molecule has 0 saturated carbocycles. The van der Waals surface area contributed by atoms with Gasteiger partial charge in [-0.15, -0.1) is 0 Å². The van der Waals surface area contributed by atoms with Gasteiger partial charge in [0.1, 0.15) is 12.7 Å². The number of hydrogen-bond acceptors (Lipinski definition) is 4. The number of rotatable bonds is 6. The van der Waals surface area contributed by atoms with Gasteiger partial charge in [0.05, 0.1) is 22.9 Å². The summed E-state index contributed by atoms with van der Waals surface area (Å²) in [5.74, 6) is -0.292. The van der Waals surface area contributed by atoms with Crippen LogP contribution in [0.1, 0.15) is 44.0 Å². The van der Waals surface area contributed by atoms with E-state index in [2.05, 4.69) is 20.8 Å². The minimum Gasteiger partial charge on any atom is -0.459 e. The second-order valence-corrected chi connectivity index (χ2v) is 6.63. The van der Waals surface area contributed by atoms with E-state index in [1.165, 1.54) is 0 Å². The first-order valence-electron chi connectivity index (χ1n) is 7.48. The molecule has 1 aromatic carbocycles. The Hall–Kier alpha value is -1.39. The summed E-state index contributed by atoms with van der Waals surface area (Å²) >= 11 is 0. The fourth-order valence-electron chi connectivity index (χ4n) is 2.69. The van der Waals surface area contributed by atoms with Crippen molar-refractivity contribution in [2.24, 2.45) is 0 Å². The topological polar surface area (TPSA) is 51.4 Å². The lowest BCUT2D eigenvalue weighted by Gasteiger charge is -2.06. The van der Waals surface area contributed by atoms with E-state index >= 15 is 0 Å². The molecule has 3 rings (SSSR count). The van der Waals surface area contributed by atoms with Gasteiger partial charge in [-0.2, -0.15) is 0 Å². The van der Waals surface area contributed by atoms with Gasteiger partial charge in [0.15, 0.2) is 0 Å². The lowest BCUT2D eigenvalue weighted by molar-refractivity contribution is 0.0476. The standard InChI is InChI=1S/C17H22O4/c1-16(2)13(20-16)9-10-17(3)14(21-17)11-19-15(18)12-7-5-4-6-8-12/h4-8,13-14H,9-11H2,1-3H3. The fraction of sp³-hybridized carbons (Fsp3) is 0.588. The molecule has 0 N–H and O–H groups in total. The summed E-state index contributed by atoms with van der Waals surface area (Å²) in [4.78, 5) is 11.9. The van der Waals surface area contributed by atoms with Crippen LogP contribution in [0.2, 0.25) is 0 Å². The van der Waals surface area contributed by atoms with Crippen LogP contribution in [0.25, 0.3) is 0 Å². The summed E-state index contributed by atoms with van der Waals surface area (Å²) in [5, 5.41) is 0. The fourth-order valence-corrected chi connectivity index (χ4v) is 2.69. The highest BCUT2D eigenvalue weighted by Gasteiger charge is 2.55. The predicted octanol–water partition coefficient (Wildman–Crippen LogP) is 2.96. The van der Waals surface area contributed by atoms with Crippen molar-refractivity contribution < 1.29 is 19.0 Å². The Morgan fingerprint density at radius 3 is 2.43 bits per heavy atom. The van der Waals surface area contributed by atoms with Crippen LogP contribution in [0.15, 0.2) is 30.3 Å². The molecule has 0 aromatic heterocycles. The zero-order chi connectivity index (χ0) is 15.1. The quantitative estimate of drug-likeness (QED) is 0.597. The van der Waals surface area contributed by atoms with E-state index in [-0.39, 0.29) is 23.3 Å². The monoisotopic (exact) mass is 290 g/mol. The highest BCUT2D eigenvalue weighted by Crippen LogP contribution is 2.45. The maximum atomic E-state index is 11.9. The number of hydrogen-bond donors (Lipinski definition) is 0. The molecule has 3 atom stereocenters. The lowest BCUT2D eigenvalue weighted by atomic mass is 9.97. The number of benzene rings is 1. The molecule has 1 aromatic rings. The first-order valence-corrected chi connectivity index (χ1v) is 7.48. The van der Waals surface area contributed by atoms with Gasteiger partial charge in [-0.05, 0) is 45.7 Å². The maximum Gasteiger partial charge on any atom is 0.338 e. The highest BCUT2D eigenvalue weighted by atomic mass is 16.6. The third kappa shape index (κ3) is 3.27. The van der Waals surface area contributed by atoms with Crippen LogP contribution in [0, 0.1) is 0 Å². The molecule has 4 heteroatoms. The van der Waals surface area contributed by atoms with Gasteiger partial charge in [-0.25, -0.2) is 4.79 Å². The van der Waals surface area contributed by atoms with Crippen molar-refractivity contribution >= 4 is 5.97 Å². The van der Waals surface area contributed by atoms with Crippen LogP contribution in [0.3, 0.4) is 0 Å². The Balaban J connectivity index is 1.40. The zero-order valence-electron chi connectivity index (χ0n) is 12.8. The first-order chi connectivity index (χ1) is 9.91. The van der Waals surface area contributed by atoms with E-state index in [1.54, 1.807) is 12.1 Å². The van der Waals surface area contributed by atoms with Crippen molar-refractivity contribution in [3.63, 3.8) is 0 Å². The average molecular weight is 290 g/mol. The molecule has 0 spiro atoms. The minimum atomic E-state index is -0.292. The Bertz CT molecular complexity index is 525. The van der Waals surface area contributed by atoms with Gasteiger partial charge in [-0.3, -0.25) is 0 Å². The van der Waals surface area contributed by atoms with Crippen LogP contribution in [0.5, 0.6) is 0 Å². The van der Waals surface area contributed by atoms with Crippen molar-refractivity contribution in [3.8, 4) is 0 Å². The van der Waals surface area contributed by atoms with Crippen molar-refractivity contribution in [1.29, 1.82) is 0 Å². The molecule has 3 unspecified atom stereocenters. The Kier molecular flexibility index (Phi) is 3.54. The SMILES string of the molecule is CC1(C)OC1CCC1(C)OC1COC(=O)c1ccccc1. The summed E-state index contributed by atoms with van der Waals surface area (Å²) in [6.45, 7) is 6.60. The average Bonchev–Trinajstić information content (AvgIpc) is 3.31. The molecule has 2 aliphatic heterocycles. The molecule has 114 valence electrons. The van der Waals surface area contributed by atoms with Crippen LogP contribution in [-0.4, -0.2) is 36.0 Å². The molecule has 2 saturated heterocycles. The summed E-state index contributed by atoms with van der Waals surface area (Å²) in [5.41, 5.74) is 0.437. The molecule has 2 fully saturated rings. The van der Waals surface area contributed by atoms with Crippen molar-refractivity contribution in [1.82, 2.24) is 0 Å². The maximum absolute atomic E-state index is 11.9.